The van der Waals surface area contributed by atoms with E-state index in [1.807, 2.05) is 0 Å². The van der Waals surface area contributed by atoms with Gasteiger partial charge < -0.3 is 15.7 Å². The first kappa shape index (κ1) is 11.5. The van der Waals surface area contributed by atoms with E-state index in [0.29, 0.717) is 6.04 Å². The third kappa shape index (κ3) is 5.66. The lowest BCUT2D eigenvalue weighted by atomic mass is 10.3. The smallest absolute Gasteiger partial charge is 0.312 e. The standard InChI is InChI=1S/C9H14N2O4/c12-7(11-6-1-2-6)3-4-10-8(13)5-9(14)15/h6H,1-5H2,(H,10,13)(H,11,12)(H,14,15). The highest BCUT2D eigenvalue weighted by Crippen LogP contribution is 2.18. The molecule has 1 aliphatic rings. The van der Waals surface area contributed by atoms with Gasteiger partial charge in [0.1, 0.15) is 6.42 Å². The molecule has 0 bridgehead atoms. The Labute approximate surface area is 87.0 Å². The zero-order valence-corrected chi connectivity index (χ0v) is 8.28. The summed E-state index contributed by atoms with van der Waals surface area (Å²) in [5.74, 6) is -1.84. The monoisotopic (exact) mass is 214 g/mol. The largest absolute Gasteiger partial charge is 0.481 e. The molecule has 3 N–H and O–H groups in total. The van der Waals surface area contributed by atoms with Crippen LogP contribution in [0.2, 0.25) is 0 Å². The van der Waals surface area contributed by atoms with Gasteiger partial charge in [-0.05, 0) is 12.8 Å². The summed E-state index contributed by atoms with van der Waals surface area (Å²) in [4.78, 5) is 32.1. The summed E-state index contributed by atoms with van der Waals surface area (Å²) in [6, 6.07) is 0.312. The van der Waals surface area contributed by atoms with Crippen molar-refractivity contribution in [2.45, 2.75) is 31.7 Å². The molecule has 0 spiro atoms. The van der Waals surface area contributed by atoms with Gasteiger partial charge in [0.15, 0.2) is 0 Å². The van der Waals surface area contributed by atoms with Crippen molar-refractivity contribution >= 4 is 17.8 Å². The van der Waals surface area contributed by atoms with Crippen LogP contribution in [0.15, 0.2) is 0 Å². The van der Waals surface area contributed by atoms with E-state index in [2.05, 4.69) is 10.6 Å². The molecule has 0 unspecified atom stereocenters. The third-order valence-electron chi connectivity index (χ3n) is 1.93. The van der Waals surface area contributed by atoms with E-state index in [-0.39, 0.29) is 18.9 Å². The Morgan fingerprint density at radius 1 is 1.20 bits per heavy atom. The second-order valence-corrected chi connectivity index (χ2v) is 3.51. The normalized spacial score (nSPS) is 14.4. The van der Waals surface area contributed by atoms with E-state index in [4.69, 9.17) is 5.11 Å². The highest BCUT2D eigenvalue weighted by molar-refractivity contribution is 5.93. The van der Waals surface area contributed by atoms with Gasteiger partial charge in [0.2, 0.25) is 11.8 Å². The Kier molecular flexibility index (Phi) is 4.08. The van der Waals surface area contributed by atoms with Gasteiger partial charge in [-0.15, -0.1) is 0 Å². The predicted octanol–water partition coefficient (Wildman–Crippen LogP) is -0.754. The van der Waals surface area contributed by atoms with Crippen molar-refractivity contribution in [3.05, 3.63) is 0 Å². The minimum Gasteiger partial charge on any atom is -0.481 e. The van der Waals surface area contributed by atoms with E-state index in [1.165, 1.54) is 0 Å². The van der Waals surface area contributed by atoms with Crippen molar-refractivity contribution in [1.82, 2.24) is 10.6 Å². The lowest BCUT2D eigenvalue weighted by Gasteiger charge is -2.04. The molecule has 0 radical (unpaired) electrons. The van der Waals surface area contributed by atoms with Crippen molar-refractivity contribution in [2.75, 3.05) is 6.54 Å². The third-order valence-corrected chi connectivity index (χ3v) is 1.93. The van der Waals surface area contributed by atoms with Crippen LogP contribution in [0.25, 0.3) is 0 Å². The maximum Gasteiger partial charge on any atom is 0.312 e. The summed E-state index contributed by atoms with van der Waals surface area (Å²) in [6.45, 7) is 0.185. The van der Waals surface area contributed by atoms with Crippen molar-refractivity contribution in [1.29, 1.82) is 0 Å². The van der Waals surface area contributed by atoms with Gasteiger partial charge in [0, 0.05) is 19.0 Å². The van der Waals surface area contributed by atoms with Crippen LogP contribution in [-0.4, -0.2) is 35.5 Å². The van der Waals surface area contributed by atoms with Crippen LogP contribution in [0.3, 0.4) is 0 Å². The molecule has 0 aromatic rings. The number of hydrogen-bond acceptors (Lipinski definition) is 3. The average molecular weight is 214 g/mol. The van der Waals surface area contributed by atoms with Crippen molar-refractivity contribution in [3.63, 3.8) is 0 Å². The van der Waals surface area contributed by atoms with Crippen LogP contribution in [-0.2, 0) is 14.4 Å². The lowest BCUT2D eigenvalue weighted by molar-refractivity contribution is -0.140. The first-order valence-corrected chi connectivity index (χ1v) is 4.86. The molecule has 0 aromatic carbocycles. The van der Waals surface area contributed by atoms with Crippen LogP contribution < -0.4 is 10.6 Å². The number of rotatable bonds is 6. The number of carboxylic acids is 1. The molecule has 0 atom stereocenters. The number of nitrogens with one attached hydrogen (secondary N) is 2. The van der Waals surface area contributed by atoms with Gasteiger partial charge in [-0.25, -0.2) is 0 Å². The number of hydrogen-bond donors (Lipinski definition) is 3. The Hall–Kier alpha value is -1.59. The number of carbonyl (C=O) groups excluding carboxylic acids is 2. The Morgan fingerprint density at radius 3 is 2.40 bits per heavy atom. The molecular formula is C9H14N2O4. The number of carboxylic acid groups (broad SMARTS) is 1. The first-order chi connectivity index (χ1) is 7.08. The summed E-state index contributed by atoms with van der Waals surface area (Å²) in [5, 5.41) is 13.4. The highest BCUT2D eigenvalue weighted by atomic mass is 16.4. The molecule has 0 aliphatic heterocycles. The summed E-state index contributed by atoms with van der Waals surface area (Å²) in [6.07, 6.45) is 1.69. The fourth-order valence-corrected chi connectivity index (χ4v) is 1.04. The molecule has 1 rings (SSSR count). The molecule has 0 saturated heterocycles. The van der Waals surface area contributed by atoms with Gasteiger partial charge in [-0.2, -0.15) is 0 Å². The average Bonchev–Trinajstić information content (AvgIpc) is 2.86. The maximum absolute atomic E-state index is 11.1. The zero-order chi connectivity index (χ0) is 11.3. The van der Waals surface area contributed by atoms with Gasteiger partial charge in [0.05, 0.1) is 0 Å². The molecule has 6 heteroatoms. The molecule has 0 heterocycles. The van der Waals surface area contributed by atoms with Gasteiger partial charge >= 0.3 is 5.97 Å². The van der Waals surface area contributed by atoms with Crippen molar-refractivity contribution < 1.29 is 19.5 Å². The minimum atomic E-state index is -1.17. The fourth-order valence-electron chi connectivity index (χ4n) is 1.04. The van der Waals surface area contributed by atoms with E-state index >= 15 is 0 Å². The topological polar surface area (TPSA) is 95.5 Å². The Morgan fingerprint density at radius 2 is 1.87 bits per heavy atom. The predicted molar refractivity (Wildman–Crippen MR) is 51.0 cm³/mol. The summed E-state index contributed by atoms with van der Waals surface area (Å²) >= 11 is 0. The molecule has 84 valence electrons. The summed E-state index contributed by atoms with van der Waals surface area (Å²) < 4.78 is 0. The molecule has 1 aliphatic carbocycles. The van der Waals surface area contributed by atoms with Gasteiger partial charge in [0.25, 0.3) is 0 Å². The quantitative estimate of drug-likeness (QED) is 0.507. The molecule has 0 aromatic heterocycles. The maximum atomic E-state index is 11.1. The molecule has 1 fully saturated rings. The lowest BCUT2D eigenvalue weighted by Crippen LogP contribution is -2.32. The van der Waals surface area contributed by atoms with Crippen molar-refractivity contribution in [3.8, 4) is 0 Å². The van der Waals surface area contributed by atoms with Gasteiger partial charge in [-0.1, -0.05) is 0 Å². The van der Waals surface area contributed by atoms with Crippen LogP contribution in [0.4, 0.5) is 0 Å². The molecule has 2 amide bonds. The number of amides is 2. The van der Waals surface area contributed by atoms with Crippen LogP contribution in [0.1, 0.15) is 25.7 Å². The van der Waals surface area contributed by atoms with E-state index in [1.54, 1.807) is 0 Å². The second kappa shape index (κ2) is 5.33. The van der Waals surface area contributed by atoms with Crippen molar-refractivity contribution in [2.24, 2.45) is 0 Å². The SMILES string of the molecule is O=C(O)CC(=O)NCCC(=O)NC1CC1. The van der Waals surface area contributed by atoms with Crippen LogP contribution >= 0.6 is 0 Å². The number of aliphatic carboxylic acids is 1. The Balaban J connectivity index is 2.01. The summed E-state index contributed by atoms with van der Waals surface area (Å²) in [7, 11) is 0. The van der Waals surface area contributed by atoms with Gasteiger partial charge in [-0.3, -0.25) is 14.4 Å². The zero-order valence-electron chi connectivity index (χ0n) is 8.28. The van der Waals surface area contributed by atoms with E-state index < -0.39 is 18.3 Å². The summed E-state index contributed by atoms with van der Waals surface area (Å²) in [5.41, 5.74) is 0. The minimum absolute atomic E-state index is 0.104. The molecule has 15 heavy (non-hydrogen) atoms. The molecule has 6 nitrogen and oxygen atoms in total. The second-order valence-electron chi connectivity index (χ2n) is 3.51. The number of carbonyl (C=O) groups is 3. The van der Waals surface area contributed by atoms with Crippen LogP contribution in [0.5, 0.6) is 0 Å². The van der Waals surface area contributed by atoms with E-state index in [0.717, 1.165) is 12.8 Å². The molecule has 1 saturated carbocycles. The molecular weight excluding hydrogens is 200 g/mol. The fraction of sp³-hybridized carbons (Fsp3) is 0.667. The highest BCUT2D eigenvalue weighted by Gasteiger charge is 2.22. The Bertz CT molecular complexity index is 273. The first-order valence-electron chi connectivity index (χ1n) is 4.86. The van der Waals surface area contributed by atoms with Crippen LogP contribution in [0, 0.1) is 0 Å². The van der Waals surface area contributed by atoms with E-state index in [9.17, 15) is 14.4 Å².